The van der Waals surface area contributed by atoms with Gasteiger partial charge in [-0.05, 0) is 35.6 Å². The van der Waals surface area contributed by atoms with Gasteiger partial charge in [-0.3, -0.25) is 0 Å². The Morgan fingerprint density at radius 2 is 2.14 bits per heavy atom. The lowest BCUT2D eigenvalue weighted by Crippen LogP contribution is -2.15. The zero-order chi connectivity index (χ0) is 15.1. The zero-order valence-corrected chi connectivity index (χ0v) is 14.0. The molecule has 1 unspecified atom stereocenters. The number of nitrogens with one attached hydrogen (secondary N) is 1. The SMILES string of the molecule is CC(C)C(c1cccs1)n1c(=S)[nH]c2cc(Cl)c(F)cc21. The molecule has 110 valence electrons. The van der Waals surface area contributed by atoms with E-state index < -0.39 is 5.82 Å². The molecule has 0 aliphatic rings. The van der Waals surface area contributed by atoms with Crippen molar-refractivity contribution in [2.24, 2.45) is 5.92 Å². The van der Waals surface area contributed by atoms with E-state index in [1.165, 1.54) is 10.9 Å². The van der Waals surface area contributed by atoms with E-state index in [0.717, 1.165) is 11.0 Å². The van der Waals surface area contributed by atoms with Crippen LogP contribution in [0.15, 0.2) is 29.6 Å². The van der Waals surface area contributed by atoms with Crippen molar-refractivity contribution in [3.05, 3.63) is 50.1 Å². The normalized spacial score (nSPS) is 13.2. The summed E-state index contributed by atoms with van der Waals surface area (Å²) in [4.78, 5) is 4.33. The van der Waals surface area contributed by atoms with Crippen LogP contribution in [0, 0.1) is 16.5 Å². The molecule has 0 saturated carbocycles. The molecule has 0 aliphatic carbocycles. The second kappa shape index (κ2) is 5.55. The van der Waals surface area contributed by atoms with Crippen LogP contribution in [-0.4, -0.2) is 9.55 Å². The summed E-state index contributed by atoms with van der Waals surface area (Å²) in [6, 6.07) is 7.22. The van der Waals surface area contributed by atoms with E-state index in [1.807, 2.05) is 16.0 Å². The number of H-pyrrole nitrogens is 1. The molecule has 21 heavy (non-hydrogen) atoms. The summed E-state index contributed by atoms with van der Waals surface area (Å²) in [6.07, 6.45) is 0. The molecule has 2 nitrogen and oxygen atoms in total. The quantitative estimate of drug-likeness (QED) is 0.598. The average Bonchev–Trinajstić information content (AvgIpc) is 3.01. The van der Waals surface area contributed by atoms with Crippen molar-refractivity contribution in [1.29, 1.82) is 0 Å². The fraction of sp³-hybridized carbons (Fsp3) is 0.267. The van der Waals surface area contributed by atoms with Crippen LogP contribution in [0.3, 0.4) is 0 Å². The van der Waals surface area contributed by atoms with Gasteiger partial charge in [-0.15, -0.1) is 11.3 Å². The summed E-state index contributed by atoms with van der Waals surface area (Å²) in [5.41, 5.74) is 1.50. The summed E-state index contributed by atoms with van der Waals surface area (Å²) in [7, 11) is 0. The van der Waals surface area contributed by atoms with E-state index in [1.54, 1.807) is 17.4 Å². The lowest BCUT2D eigenvalue weighted by molar-refractivity contribution is 0.448. The van der Waals surface area contributed by atoms with Crippen LogP contribution in [0.5, 0.6) is 0 Å². The molecule has 2 aromatic heterocycles. The molecule has 1 atom stereocenters. The minimum Gasteiger partial charge on any atom is -0.331 e. The maximum Gasteiger partial charge on any atom is 0.178 e. The van der Waals surface area contributed by atoms with Crippen LogP contribution >= 0.6 is 35.2 Å². The van der Waals surface area contributed by atoms with Gasteiger partial charge in [0.25, 0.3) is 0 Å². The van der Waals surface area contributed by atoms with Gasteiger partial charge in [-0.2, -0.15) is 0 Å². The number of thiophene rings is 1. The number of nitrogens with zero attached hydrogens (tertiary/aromatic N) is 1. The number of fused-ring (bicyclic) bond motifs is 1. The highest BCUT2D eigenvalue weighted by atomic mass is 35.5. The number of hydrogen-bond donors (Lipinski definition) is 1. The number of hydrogen-bond acceptors (Lipinski definition) is 2. The summed E-state index contributed by atoms with van der Waals surface area (Å²) < 4.78 is 16.4. The molecule has 2 heterocycles. The summed E-state index contributed by atoms with van der Waals surface area (Å²) >= 11 is 13.0. The standard InChI is InChI=1S/C15H14ClFN2S2/c1-8(2)14(13-4-3-5-21-13)19-12-7-10(17)9(16)6-11(12)18-15(19)20/h3-8,14H,1-2H3,(H,18,20). The number of aromatic amines is 1. The number of halogens is 2. The van der Waals surface area contributed by atoms with Crippen molar-refractivity contribution in [3.63, 3.8) is 0 Å². The van der Waals surface area contributed by atoms with Gasteiger partial charge in [0.1, 0.15) is 5.82 Å². The van der Waals surface area contributed by atoms with Gasteiger partial charge in [0, 0.05) is 10.9 Å². The van der Waals surface area contributed by atoms with Crippen LogP contribution in [0.4, 0.5) is 4.39 Å². The Hall–Kier alpha value is -1.17. The fourth-order valence-electron chi connectivity index (χ4n) is 2.61. The average molecular weight is 341 g/mol. The second-order valence-electron chi connectivity index (χ2n) is 5.29. The summed E-state index contributed by atoms with van der Waals surface area (Å²) in [6.45, 7) is 4.27. The van der Waals surface area contributed by atoms with Crippen molar-refractivity contribution in [2.45, 2.75) is 19.9 Å². The lowest BCUT2D eigenvalue weighted by Gasteiger charge is -2.22. The molecule has 0 radical (unpaired) electrons. The number of rotatable bonds is 3. The maximum absolute atomic E-state index is 13.9. The third-order valence-corrected chi connectivity index (χ3v) is 5.03. The van der Waals surface area contributed by atoms with Crippen LogP contribution in [-0.2, 0) is 0 Å². The van der Waals surface area contributed by atoms with E-state index >= 15 is 0 Å². The maximum atomic E-state index is 13.9. The van der Waals surface area contributed by atoms with Gasteiger partial charge in [-0.1, -0.05) is 31.5 Å². The first-order valence-corrected chi connectivity index (χ1v) is 8.28. The number of aromatic nitrogens is 2. The molecular formula is C15H14ClFN2S2. The molecule has 6 heteroatoms. The van der Waals surface area contributed by atoms with Gasteiger partial charge >= 0.3 is 0 Å². The van der Waals surface area contributed by atoms with E-state index in [9.17, 15) is 4.39 Å². The molecule has 0 bridgehead atoms. The minimum atomic E-state index is -0.430. The molecule has 0 spiro atoms. The molecule has 1 N–H and O–H groups in total. The highest BCUT2D eigenvalue weighted by Crippen LogP contribution is 2.34. The highest BCUT2D eigenvalue weighted by Gasteiger charge is 2.22. The lowest BCUT2D eigenvalue weighted by atomic mass is 10.0. The first-order chi connectivity index (χ1) is 9.99. The van der Waals surface area contributed by atoms with Crippen LogP contribution in [0.1, 0.15) is 24.8 Å². The Balaban J connectivity index is 2.30. The molecule has 0 amide bonds. The second-order valence-corrected chi connectivity index (χ2v) is 7.06. The summed E-state index contributed by atoms with van der Waals surface area (Å²) in [5.74, 6) is -0.103. The minimum absolute atomic E-state index is 0.0758. The Labute approximate surface area is 136 Å². The third-order valence-electron chi connectivity index (χ3n) is 3.50. The predicted octanol–water partition coefficient (Wildman–Crippen LogP) is 5.80. The van der Waals surface area contributed by atoms with Gasteiger partial charge in [0.15, 0.2) is 4.77 Å². The molecule has 0 fully saturated rings. The largest absolute Gasteiger partial charge is 0.331 e. The smallest absolute Gasteiger partial charge is 0.178 e. The van der Waals surface area contributed by atoms with Gasteiger partial charge in [0.05, 0.1) is 22.1 Å². The van der Waals surface area contributed by atoms with Crippen molar-refractivity contribution in [3.8, 4) is 0 Å². The fourth-order valence-corrected chi connectivity index (χ4v) is 4.08. The molecular weight excluding hydrogens is 327 g/mol. The Morgan fingerprint density at radius 3 is 2.76 bits per heavy atom. The van der Waals surface area contributed by atoms with Crippen LogP contribution < -0.4 is 0 Å². The van der Waals surface area contributed by atoms with Crippen molar-refractivity contribution >= 4 is 46.2 Å². The van der Waals surface area contributed by atoms with E-state index in [-0.39, 0.29) is 11.1 Å². The highest BCUT2D eigenvalue weighted by molar-refractivity contribution is 7.71. The Morgan fingerprint density at radius 1 is 1.38 bits per heavy atom. The predicted molar refractivity (Wildman–Crippen MR) is 89.4 cm³/mol. The first kappa shape index (κ1) is 14.8. The van der Waals surface area contributed by atoms with Crippen molar-refractivity contribution in [1.82, 2.24) is 9.55 Å². The van der Waals surface area contributed by atoms with Crippen LogP contribution in [0.25, 0.3) is 11.0 Å². The third kappa shape index (κ3) is 2.54. The first-order valence-electron chi connectivity index (χ1n) is 6.61. The summed E-state index contributed by atoms with van der Waals surface area (Å²) in [5, 5.41) is 2.14. The van der Waals surface area contributed by atoms with Crippen molar-refractivity contribution in [2.75, 3.05) is 0 Å². The molecule has 3 rings (SSSR count). The van der Waals surface area contributed by atoms with Crippen LogP contribution in [0.2, 0.25) is 5.02 Å². The molecule has 3 aromatic rings. The van der Waals surface area contributed by atoms with E-state index in [2.05, 4.69) is 24.9 Å². The molecule has 0 saturated heterocycles. The molecule has 1 aromatic carbocycles. The van der Waals surface area contributed by atoms with Crippen molar-refractivity contribution < 1.29 is 4.39 Å². The Kier molecular flexibility index (Phi) is 3.90. The number of imidazole rings is 1. The van der Waals surface area contributed by atoms with Gasteiger partial charge < -0.3 is 9.55 Å². The van der Waals surface area contributed by atoms with Gasteiger partial charge in [-0.25, -0.2) is 4.39 Å². The van der Waals surface area contributed by atoms with E-state index in [0.29, 0.717) is 10.7 Å². The zero-order valence-electron chi connectivity index (χ0n) is 11.6. The Bertz CT molecular complexity index is 833. The number of benzene rings is 1. The monoisotopic (exact) mass is 340 g/mol. The molecule has 0 aliphatic heterocycles. The van der Waals surface area contributed by atoms with Gasteiger partial charge in [0.2, 0.25) is 0 Å². The topological polar surface area (TPSA) is 20.7 Å². The van der Waals surface area contributed by atoms with E-state index in [4.69, 9.17) is 23.8 Å².